The lowest BCUT2D eigenvalue weighted by Crippen LogP contribution is -2.50. The van der Waals surface area contributed by atoms with Crippen molar-refractivity contribution >= 4 is 0 Å². The van der Waals surface area contributed by atoms with Crippen molar-refractivity contribution in [2.45, 2.75) is 57.3 Å². The van der Waals surface area contributed by atoms with Gasteiger partial charge in [0.05, 0.1) is 11.5 Å². The summed E-state index contributed by atoms with van der Waals surface area (Å²) in [5, 5.41) is 9.68. The fourth-order valence-electron chi connectivity index (χ4n) is 4.32. The zero-order valence-corrected chi connectivity index (χ0v) is 11.2. The Kier molecular flexibility index (Phi) is 2.70. The Bertz CT molecular complexity index is 481. The predicted molar refractivity (Wildman–Crippen MR) is 73.2 cm³/mol. The van der Waals surface area contributed by atoms with Crippen LogP contribution >= 0.6 is 0 Å². The van der Waals surface area contributed by atoms with E-state index in [1.165, 1.54) is 43.2 Å². The van der Waals surface area contributed by atoms with Crippen LogP contribution in [0.25, 0.3) is 0 Å². The number of rotatable bonds is 1. The molecule has 1 aromatic carbocycles. The Balaban J connectivity index is 1.87. The van der Waals surface area contributed by atoms with Crippen LogP contribution in [0.1, 0.15) is 56.1 Å². The molecule has 2 fully saturated rings. The van der Waals surface area contributed by atoms with E-state index in [4.69, 9.17) is 0 Å². The molecular weight excluding hydrogens is 218 g/mol. The predicted octanol–water partition coefficient (Wildman–Crippen LogP) is 4.50. The lowest BCUT2D eigenvalue weighted by Gasteiger charge is -2.55. The Labute approximate surface area is 110 Å². The minimum absolute atomic E-state index is 0.178. The van der Waals surface area contributed by atoms with Crippen molar-refractivity contribution in [1.82, 2.24) is 0 Å². The second-order valence-electron chi connectivity index (χ2n) is 6.42. The van der Waals surface area contributed by atoms with Crippen molar-refractivity contribution in [3.63, 3.8) is 0 Å². The number of hydrogen-bond acceptors (Lipinski definition) is 1. The van der Waals surface area contributed by atoms with Gasteiger partial charge in [-0.15, -0.1) is 0 Å². The van der Waals surface area contributed by atoms with Gasteiger partial charge in [0.15, 0.2) is 0 Å². The molecule has 18 heavy (non-hydrogen) atoms. The number of benzene rings is 1. The highest BCUT2D eigenvalue weighted by Gasteiger charge is 2.55. The first-order valence-corrected chi connectivity index (χ1v) is 7.17. The minimum Gasteiger partial charge on any atom is -0.197 e. The average molecular weight is 239 g/mol. The fourth-order valence-corrected chi connectivity index (χ4v) is 4.32. The van der Waals surface area contributed by atoms with E-state index in [1.807, 2.05) is 0 Å². The third-order valence-electron chi connectivity index (χ3n) is 5.14. The summed E-state index contributed by atoms with van der Waals surface area (Å²) in [7, 11) is 0. The molecule has 2 aliphatic rings. The summed E-state index contributed by atoms with van der Waals surface area (Å²) in [4.78, 5) is 0. The molecule has 1 nitrogen and oxygen atoms in total. The van der Waals surface area contributed by atoms with Gasteiger partial charge in [-0.2, -0.15) is 5.26 Å². The molecule has 0 aromatic heterocycles. The van der Waals surface area contributed by atoms with Gasteiger partial charge in [0.25, 0.3) is 0 Å². The second kappa shape index (κ2) is 4.12. The van der Waals surface area contributed by atoms with E-state index in [9.17, 15) is 5.26 Å². The molecule has 0 amide bonds. The standard InChI is InChI=1S/C17H21N/c1-14-7-3-4-8-15(14)17(13-18)11-16(12-17)9-5-2-6-10-16/h3-4,7-8H,2,5-6,9-12H2,1H3. The van der Waals surface area contributed by atoms with Crippen molar-refractivity contribution in [3.05, 3.63) is 35.4 Å². The Morgan fingerprint density at radius 1 is 1.06 bits per heavy atom. The maximum Gasteiger partial charge on any atom is 0.0835 e. The van der Waals surface area contributed by atoms with Crippen LogP contribution in [0.5, 0.6) is 0 Å². The molecule has 0 aliphatic heterocycles. The summed E-state index contributed by atoms with van der Waals surface area (Å²) in [6.45, 7) is 2.14. The van der Waals surface area contributed by atoms with E-state index in [2.05, 4.69) is 37.3 Å². The van der Waals surface area contributed by atoms with Crippen LogP contribution in [0, 0.1) is 23.7 Å². The molecule has 0 bridgehead atoms. The first-order chi connectivity index (χ1) is 8.70. The van der Waals surface area contributed by atoms with E-state index >= 15 is 0 Å². The smallest absolute Gasteiger partial charge is 0.0835 e. The Morgan fingerprint density at radius 3 is 2.33 bits per heavy atom. The van der Waals surface area contributed by atoms with Gasteiger partial charge in [-0.25, -0.2) is 0 Å². The maximum absolute atomic E-state index is 9.68. The molecular formula is C17H21N. The summed E-state index contributed by atoms with van der Waals surface area (Å²) < 4.78 is 0. The number of aryl methyl sites for hydroxylation is 1. The van der Waals surface area contributed by atoms with Crippen LogP contribution in [-0.4, -0.2) is 0 Å². The van der Waals surface area contributed by atoms with Gasteiger partial charge < -0.3 is 0 Å². The minimum atomic E-state index is -0.178. The summed E-state index contributed by atoms with van der Waals surface area (Å²) in [6.07, 6.45) is 9.03. The number of nitriles is 1. The molecule has 0 radical (unpaired) electrons. The first kappa shape index (κ1) is 11.8. The molecule has 1 spiro atoms. The summed E-state index contributed by atoms with van der Waals surface area (Å²) in [6, 6.07) is 11.1. The highest BCUT2D eigenvalue weighted by Crippen LogP contribution is 2.61. The van der Waals surface area contributed by atoms with Crippen LogP contribution in [0.2, 0.25) is 0 Å². The van der Waals surface area contributed by atoms with E-state index in [0.717, 1.165) is 12.8 Å². The summed E-state index contributed by atoms with van der Waals surface area (Å²) in [5.74, 6) is 0. The van der Waals surface area contributed by atoms with E-state index < -0.39 is 0 Å². The molecule has 94 valence electrons. The number of nitrogens with zero attached hydrogens (tertiary/aromatic N) is 1. The van der Waals surface area contributed by atoms with E-state index in [0.29, 0.717) is 5.41 Å². The number of hydrogen-bond donors (Lipinski definition) is 0. The molecule has 2 aliphatic carbocycles. The third kappa shape index (κ3) is 1.67. The topological polar surface area (TPSA) is 23.8 Å². The van der Waals surface area contributed by atoms with Gasteiger partial charge in [0, 0.05) is 0 Å². The van der Waals surface area contributed by atoms with E-state index in [1.54, 1.807) is 0 Å². The summed E-state index contributed by atoms with van der Waals surface area (Å²) >= 11 is 0. The zero-order valence-electron chi connectivity index (χ0n) is 11.2. The van der Waals surface area contributed by atoms with Gasteiger partial charge >= 0.3 is 0 Å². The van der Waals surface area contributed by atoms with Crippen LogP contribution in [-0.2, 0) is 5.41 Å². The van der Waals surface area contributed by atoms with Crippen molar-refractivity contribution < 1.29 is 0 Å². The van der Waals surface area contributed by atoms with Crippen LogP contribution in [0.15, 0.2) is 24.3 Å². The molecule has 3 rings (SSSR count). The molecule has 0 saturated heterocycles. The van der Waals surface area contributed by atoms with Gasteiger partial charge in [-0.1, -0.05) is 43.5 Å². The maximum atomic E-state index is 9.68. The van der Waals surface area contributed by atoms with Crippen molar-refractivity contribution in [2.75, 3.05) is 0 Å². The molecule has 0 atom stereocenters. The molecule has 2 saturated carbocycles. The van der Waals surface area contributed by atoms with Crippen LogP contribution < -0.4 is 0 Å². The van der Waals surface area contributed by atoms with Gasteiger partial charge in [-0.05, 0) is 49.1 Å². The van der Waals surface area contributed by atoms with Crippen LogP contribution in [0.3, 0.4) is 0 Å². The van der Waals surface area contributed by atoms with Crippen molar-refractivity contribution in [3.8, 4) is 6.07 Å². The van der Waals surface area contributed by atoms with Gasteiger partial charge in [0.1, 0.15) is 0 Å². The lowest BCUT2D eigenvalue weighted by molar-refractivity contribution is 0.0166. The monoisotopic (exact) mass is 239 g/mol. The zero-order chi connectivity index (χ0) is 12.6. The van der Waals surface area contributed by atoms with Crippen molar-refractivity contribution in [2.24, 2.45) is 5.41 Å². The molecule has 0 heterocycles. The second-order valence-corrected chi connectivity index (χ2v) is 6.42. The highest BCUT2D eigenvalue weighted by molar-refractivity contribution is 5.42. The highest BCUT2D eigenvalue weighted by atomic mass is 14.6. The van der Waals surface area contributed by atoms with Gasteiger partial charge in [-0.3, -0.25) is 0 Å². The SMILES string of the molecule is Cc1ccccc1C1(C#N)CC2(CCCCC2)C1. The van der Waals surface area contributed by atoms with E-state index in [-0.39, 0.29) is 5.41 Å². The Morgan fingerprint density at radius 2 is 1.72 bits per heavy atom. The third-order valence-corrected chi connectivity index (χ3v) is 5.14. The molecule has 0 N–H and O–H groups in total. The van der Waals surface area contributed by atoms with Crippen molar-refractivity contribution in [1.29, 1.82) is 5.26 Å². The quantitative estimate of drug-likeness (QED) is 0.707. The largest absolute Gasteiger partial charge is 0.197 e. The Hall–Kier alpha value is -1.29. The molecule has 0 unspecified atom stereocenters. The lowest BCUT2D eigenvalue weighted by atomic mass is 9.47. The first-order valence-electron chi connectivity index (χ1n) is 7.17. The average Bonchev–Trinajstić information content (AvgIpc) is 2.37. The molecule has 1 aromatic rings. The fraction of sp³-hybridized carbons (Fsp3) is 0.588. The molecule has 1 heteroatoms. The summed E-state index contributed by atoms with van der Waals surface area (Å²) in [5.41, 5.74) is 2.90. The van der Waals surface area contributed by atoms with Crippen LogP contribution in [0.4, 0.5) is 0 Å². The normalized spacial score (nSPS) is 24.2. The van der Waals surface area contributed by atoms with Gasteiger partial charge in [0.2, 0.25) is 0 Å².